The summed E-state index contributed by atoms with van der Waals surface area (Å²) in [6, 6.07) is 0. The third-order valence-electron chi connectivity index (χ3n) is 2.12. The van der Waals surface area contributed by atoms with Gasteiger partial charge in [-0.2, -0.15) is 31.4 Å². The van der Waals surface area contributed by atoms with Gasteiger partial charge in [-0.05, 0) is 0 Å². The number of alkyl halides is 6. The first kappa shape index (κ1) is 13.8. The van der Waals surface area contributed by atoms with E-state index in [0.717, 1.165) is 0 Å². The van der Waals surface area contributed by atoms with Crippen molar-refractivity contribution >= 4 is 0 Å². The molecular weight excluding hydrogens is 252 g/mol. The highest BCUT2D eigenvalue weighted by Crippen LogP contribution is 2.30. The Balaban J connectivity index is 2.79. The molecule has 17 heavy (non-hydrogen) atoms. The number of nitrogens with two attached hydrogens (primary N) is 1. The predicted molar refractivity (Wildman–Crippen MR) is 45.8 cm³/mol. The van der Waals surface area contributed by atoms with E-state index in [0.29, 0.717) is 17.1 Å². The van der Waals surface area contributed by atoms with E-state index < -0.39 is 36.9 Å². The molecule has 3 nitrogen and oxygen atoms in total. The molecule has 0 aromatic carbocycles. The van der Waals surface area contributed by atoms with Crippen molar-refractivity contribution in [3.8, 4) is 0 Å². The number of rotatable bonds is 3. The minimum atomic E-state index is -4.62. The molecular formula is C8H9F6N3. The molecule has 0 saturated carbocycles. The van der Waals surface area contributed by atoms with Crippen molar-refractivity contribution in [3.05, 3.63) is 18.0 Å². The molecule has 1 aromatic heterocycles. The topological polar surface area (TPSA) is 43.8 Å². The SMILES string of the molecule is NCC(Cn1cc(C(F)(F)F)cn1)C(F)(F)F. The average Bonchev–Trinajstić information content (AvgIpc) is 2.59. The lowest BCUT2D eigenvalue weighted by Gasteiger charge is -2.18. The maximum atomic E-state index is 12.3. The molecule has 0 saturated heterocycles. The fourth-order valence-corrected chi connectivity index (χ4v) is 1.15. The van der Waals surface area contributed by atoms with Crippen LogP contribution in [-0.4, -0.2) is 22.5 Å². The van der Waals surface area contributed by atoms with Crippen LogP contribution < -0.4 is 5.73 Å². The van der Waals surface area contributed by atoms with Gasteiger partial charge in [0.05, 0.1) is 24.2 Å². The Hall–Kier alpha value is -1.25. The summed E-state index contributed by atoms with van der Waals surface area (Å²) in [4.78, 5) is 0. The van der Waals surface area contributed by atoms with Crippen molar-refractivity contribution in [2.24, 2.45) is 11.7 Å². The number of hydrogen-bond acceptors (Lipinski definition) is 2. The zero-order valence-corrected chi connectivity index (χ0v) is 8.39. The molecule has 0 amide bonds. The predicted octanol–water partition coefficient (Wildman–Crippen LogP) is 2.04. The zero-order valence-electron chi connectivity index (χ0n) is 8.39. The van der Waals surface area contributed by atoms with Crippen LogP contribution in [0.2, 0.25) is 0 Å². The van der Waals surface area contributed by atoms with Gasteiger partial charge in [0, 0.05) is 12.7 Å². The van der Waals surface area contributed by atoms with E-state index in [9.17, 15) is 26.3 Å². The number of hydrogen-bond donors (Lipinski definition) is 1. The summed E-state index contributed by atoms with van der Waals surface area (Å²) in [6.45, 7) is -1.43. The van der Waals surface area contributed by atoms with Gasteiger partial charge in [0.2, 0.25) is 0 Å². The molecule has 0 aliphatic rings. The van der Waals surface area contributed by atoms with Gasteiger partial charge in [-0.15, -0.1) is 0 Å². The Labute approximate surface area is 92.2 Å². The van der Waals surface area contributed by atoms with Gasteiger partial charge >= 0.3 is 12.4 Å². The van der Waals surface area contributed by atoms with Crippen LogP contribution in [0.15, 0.2) is 12.4 Å². The quantitative estimate of drug-likeness (QED) is 0.846. The summed E-state index contributed by atoms with van der Waals surface area (Å²) < 4.78 is 74.0. The summed E-state index contributed by atoms with van der Waals surface area (Å²) in [5.74, 6) is -1.91. The molecule has 0 spiro atoms. The summed E-state index contributed by atoms with van der Waals surface area (Å²) in [5, 5.41) is 3.23. The van der Waals surface area contributed by atoms with Crippen LogP contribution in [0.5, 0.6) is 0 Å². The van der Waals surface area contributed by atoms with Crippen molar-refractivity contribution in [1.82, 2.24) is 9.78 Å². The number of nitrogens with zero attached hydrogens (tertiary/aromatic N) is 2. The monoisotopic (exact) mass is 261 g/mol. The fraction of sp³-hybridized carbons (Fsp3) is 0.625. The summed E-state index contributed by atoms with van der Waals surface area (Å²) >= 11 is 0. The molecule has 9 heteroatoms. The lowest BCUT2D eigenvalue weighted by molar-refractivity contribution is -0.175. The second-order valence-corrected chi connectivity index (χ2v) is 3.42. The average molecular weight is 261 g/mol. The highest BCUT2D eigenvalue weighted by atomic mass is 19.4. The lowest BCUT2D eigenvalue weighted by Crippen LogP contribution is -2.33. The standard InChI is InChI=1S/C8H9F6N3/c9-7(10,11)5(1-15)3-17-4-6(2-16-17)8(12,13)14/h2,4-5H,1,3,15H2. The third kappa shape index (κ3) is 3.62. The van der Waals surface area contributed by atoms with Gasteiger partial charge in [-0.1, -0.05) is 0 Å². The Kier molecular flexibility index (Phi) is 3.70. The maximum absolute atomic E-state index is 12.3. The van der Waals surface area contributed by atoms with Crippen molar-refractivity contribution in [3.63, 3.8) is 0 Å². The van der Waals surface area contributed by atoms with E-state index in [1.165, 1.54) is 0 Å². The molecule has 1 aromatic rings. The molecule has 0 radical (unpaired) electrons. The molecule has 1 unspecified atom stereocenters. The zero-order chi connectivity index (χ0) is 13.3. The van der Waals surface area contributed by atoms with E-state index in [2.05, 4.69) is 5.10 Å². The van der Waals surface area contributed by atoms with Crippen LogP contribution in [-0.2, 0) is 12.7 Å². The first-order chi connectivity index (χ1) is 7.64. The third-order valence-corrected chi connectivity index (χ3v) is 2.12. The molecule has 0 aliphatic heterocycles. The normalized spacial score (nSPS) is 15.0. The van der Waals surface area contributed by atoms with Gasteiger partial charge in [-0.3, -0.25) is 4.68 Å². The van der Waals surface area contributed by atoms with Crippen LogP contribution >= 0.6 is 0 Å². The second-order valence-electron chi connectivity index (χ2n) is 3.42. The molecule has 0 bridgehead atoms. The molecule has 0 fully saturated rings. The van der Waals surface area contributed by atoms with Crippen molar-refractivity contribution in [2.45, 2.75) is 18.9 Å². The smallest absolute Gasteiger partial charge is 0.330 e. The van der Waals surface area contributed by atoms with E-state index in [4.69, 9.17) is 5.73 Å². The minimum Gasteiger partial charge on any atom is -0.330 e. The van der Waals surface area contributed by atoms with Gasteiger partial charge in [0.1, 0.15) is 0 Å². The summed E-state index contributed by atoms with van der Waals surface area (Å²) in [5.41, 5.74) is 3.83. The van der Waals surface area contributed by atoms with Crippen LogP contribution in [0.25, 0.3) is 0 Å². The molecule has 98 valence electrons. The van der Waals surface area contributed by atoms with Crippen LogP contribution in [0.3, 0.4) is 0 Å². The van der Waals surface area contributed by atoms with Crippen LogP contribution in [0, 0.1) is 5.92 Å². The Bertz CT molecular complexity index is 366. The molecule has 1 rings (SSSR count). The van der Waals surface area contributed by atoms with Gasteiger partial charge in [0.25, 0.3) is 0 Å². The van der Waals surface area contributed by atoms with Crippen LogP contribution in [0.1, 0.15) is 5.56 Å². The van der Waals surface area contributed by atoms with Gasteiger partial charge in [-0.25, -0.2) is 0 Å². The van der Waals surface area contributed by atoms with E-state index in [1.807, 2.05) is 0 Å². The fourth-order valence-electron chi connectivity index (χ4n) is 1.15. The molecule has 1 heterocycles. The van der Waals surface area contributed by atoms with Gasteiger partial charge < -0.3 is 5.73 Å². The van der Waals surface area contributed by atoms with Gasteiger partial charge in [0.15, 0.2) is 0 Å². The minimum absolute atomic E-state index is 0.476. The largest absolute Gasteiger partial charge is 0.419 e. The van der Waals surface area contributed by atoms with E-state index in [-0.39, 0.29) is 0 Å². The molecule has 2 N–H and O–H groups in total. The highest BCUT2D eigenvalue weighted by molar-refractivity contribution is 5.08. The van der Waals surface area contributed by atoms with E-state index >= 15 is 0 Å². The highest BCUT2D eigenvalue weighted by Gasteiger charge is 2.39. The first-order valence-electron chi connectivity index (χ1n) is 4.51. The van der Waals surface area contributed by atoms with Crippen molar-refractivity contribution in [1.29, 1.82) is 0 Å². The first-order valence-corrected chi connectivity index (χ1v) is 4.51. The number of aromatic nitrogens is 2. The number of halogens is 6. The molecule has 0 aliphatic carbocycles. The maximum Gasteiger partial charge on any atom is 0.419 e. The van der Waals surface area contributed by atoms with Crippen LogP contribution in [0.4, 0.5) is 26.3 Å². The molecule has 1 atom stereocenters. The van der Waals surface area contributed by atoms with Crippen molar-refractivity contribution in [2.75, 3.05) is 6.54 Å². The Morgan fingerprint density at radius 1 is 1.24 bits per heavy atom. The summed E-state index contributed by atoms with van der Waals surface area (Å²) in [6.07, 6.45) is -8.17. The van der Waals surface area contributed by atoms with E-state index in [1.54, 1.807) is 0 Å². The Morgan fingerprint density at radius 2 is 1.82 bits per heavy atom. The Morgan fingerprint density at radius 3 is 2.18 bits per heavy atom. The summed E-state index contributed by atoms with van der Waals surface area (Å²) in [7, 11) is 0. The second kappa shape index (κ2) is 4.55. The van der Waals surface area contributed by atoms with Crippen molar-refractivity contribution < 1.29 is 26.3 Å². The lowest BCUT2D eigenvalue weighted by atomic mass is 10.1.